The summed E-state index contributed by atoms with van der Waals surface area (Å²) < 4.78 is 0. The summed E-state index contributed by atoms with van der Waals surface area (Å²) in [6.07, 6.45) is 13.9. The van der Waals surface area contributed by atoms with Crippen molar-refractivity contribution in [2.24, 2.45) is 11.8 Å². The number of hydrogen-bond acceptors (Lipinski definition) is 1. The van der Waals surface area contributed by atoms with Gasteiger partial charge in [-0.1, -0.05) is 85.0 Å². The molecular formula is C17H34O2. The van der Waals surface area contributed by atoms with E-state index in [2.05, 4.69) is 6.92 Å². The van der Waals surface area contributed by atoms with Crippen LogP contribution in [0.4, 0.5) is 0 Å². The lowest BCUT2D eigenvalue weighted by Gasteiger charge is -2.15. The molecule has 0 aliphatic rings. The minimum atomic E-state index is -0.620. The molecule has 0 saturated carbocycles. The first kappa shape index (κ1) is 18.5. The van der Waals surface area contributed by atoms with Crippen LogP contribution in [0.15, 0.2) is 0 Å². The van der Waals surface area contributed by atoms with E-state index in [-0.39, 0.29) is 11.8 Å². The van der Waals surface area contributed by atoms with E-state index in [1.54, 1.807) is 0 Å². The van der Waals surface area contributed by atoms with E-state index >= 15 is 0 Å². The van der Waals surface area contributed by atoms with E-state index in [9.17, 15) is 4.79 Å². The highest BCUT2D eigenvalue weighted by Crippen LogP contribution is 2.20. The van der Waals surface area contributed by atoms with Gasteiger partial charge in [-0.15, -0.1) is 0 Å². The summed E-state index contributed by atoms with van der Waals surface area (Å²) in [7, 11) is 0. The topological polar surface area (TPSA) is 37.3 Å². The average molecular weight is 270 g/mol. The van der Waals surface area contributed by atoms with Crippen LogP contribution in [0.3, 0.4) is 0 Å². The predicted molar refractivity (Wildman–Crippen MR) is 82.4 cm³/mol. The minimum absolute atomic E-state index is 0.144. The molecule has 1 atom stereocenters. The second-order valence-electron chi connectivity index (χ2n) is 6.16. The summed E-state index contributed by atoms with van der Waals surface area (Å²) in [5.74, 6) is -0.504. The van der Waals surface area contributed by atoms with Crippen LogP contribution in [-0.2, 0) is 4.79 Å². The van der Waals surface area contributed by atoms with Gasteiger partial charge in [0, 0.05) is 0 Å². The number of carboxylic acid groups (broad SMARTS) is 1. The molecule has 0 heterocycles. The fourth-order valence-electron chi connectivity index (χ4n) is 2.59. The molecule has 2 heteroatoms. The molecule has 0 amide bonds. The van der Waals surface area contributed by atoms with Gasteiger partial charge in [-0.3, -0.25) is 4.79 Å². The van der Waals surface area contributed by atoms with E-state index in [1.165, 1.54) is 57.8 Å². The molecule has 0 radical (unpaired) electrons. The van der Waals surface area contributed by atoms with Gasteiger partial charge >= 0.3 is 5.97 Å². The van der Waals surface area contributed by atoms with Gasteiger partial charge in [-0.2, -0.15) is 0 Å². The Morgan fingerprint density at radius 2 is 1.26 bits per heavy atom. The van der Waals surface area contributed by atoms with E-state index in [0.29, 0.717) is 0 Å². The number of hydrogen-bond donors (Lipinski definition) is 1. The van der Waals surface area contributed by atoms with Crippen LogP contribution >= 0.6 is 0 Å². The maximum Gasteiger partial charge on any atom is 0.306 e. The second kappa shape index (κ2) is 12.5. The van der Waals surface area contributed by atoms with Gasteiger partial charge in [-0.25, -0.2) is 0 Å². The molecule has 1 N–H and O–H groups in total. The largest absolute Gasteiger partial charge is 0.481 e. The van der Waals surface area contributed by atoms with Crippen molar-refractivity contribution in [3.8, 4) is 0 Å². The minimum Gasteiger partial charge on any atom is -0.481 e. The predicted octanol–water partition coefficient (Wildman–Crippen LogP) is 5.65. The third kappa shape index (κ3) is 11.0. The normalized spacial score (nSPS) is 12.8. The summed E-state index contributed by atoms with van der Waals surface area (Å²) >= 11 is 0. The molecule has 0 aromatic rings. The molecule has 0 rings (SSSR count). The summed E-state index contributed by atoms with van der Waals surface area (Å²) in [5.41, 5.74) is 0. The van der Waals surface area contributed by atoms with E-state index < -0.39 is 5.97 Å². The first-order valence-corrected chi connectivity index (χ1v) is 8.32. The van der Waals surface area contributed by atoms with Crippen LogP contribution < -0.4 is 0 Å². The van der Waals surface area contributed by atoms with E-state index in [1.807, 2.05) is 13.8 Å². The van der Waals surface area contributed by atoms with Gasteiger partial charge in [-0.05, 0) is 12.3 Å². The van der Waals surface area contributed by atoms with Gasteiger partial charge in [0.2, 0.25) is 0 Å². The Hall–Kier alpha value is -0.530. The molecule has 19 heavy (non-hydrogen) atoms. The number of carboxylic acids is 1. The highest BCUT2D eigenvalue weighted by atomic mass is 16.4. The number of unbranched alkanes of at least 4 members (excludes halogenated alkanes) is 9. The molecule has 0 spiro atoms. The summed E-state index contributed by atoms with van der Waals surface area (Å²) in [6, 6.07) is 0. The molecule has 0 aromatic carbocycles. The summed E-state index contributed by atoms with van der Waals surface area (Å²) in [6.45, 7) is 6.27. The lowest BCUT2D eigenvalue weighted by molar-refractivity contribution is -0.143. The third-order valence-electron chi connectivity index (χ3n) is 3.99. The zero-order chi connectivity index (χ0) is 14.5. The first-order chi connectivity index (χ1) is 9.09. The SMILES string of the molecule is CCCCCCCCCCCCC(C(=O)O)C(C)C. The quantitative estimate of drug-likeness (QED) is 0.439. The molecule has 0 aromatic heterocycles. The van der Waals surface area contributed by atoms with Crippen molar-refractivity contribution in [3.63, 3.8) is 0 Å². The fraction of sp³-hybridized carbons (Fsp3) is 0.941. The Bertz CT molecular complexity index is 211. The van der Waals surface area contributed by atoms with Gasteiger partial charge in [0.15, 0.2) is 0 Å². The van der Waals surface area contributed by atoms with Crippen LogP contribution in [0.25, 0.3) is 0 Å². The van der Waals surface area contributed by atoms with Crippen LogP contribution in [0.2, 0.25) is 0 Å². The van der Waals surface area contributed by atoms with Crippen molar-refractivity contribution >= 4 is 5.97 Å². The van der Waals surface area contributed by atoms with Crippen molar-refractivity contribution in [1.29, 1.82) is 0 Å². The lowest BCUT2D eigenvalue weighted by Crippen LogP contribution is -2.19. The lowest BCUT2D eigenvalue weighted by atomic mass is 9.90. The maximum absolute atomic E-state index is 11.0. The summed E-state index contributed by atoms with van der Waals surface area (Å²) in [4.78, 5) is 11.0. The van der Waals surface area contributed by atoms with Crippen LogP contribution in [0.5, 0.6) is 0 Å². The zero-order valence-corrected chi connectivity index (χ0v) is 13.3. The second-order valence-corrected chi connectivity index (χ2v) is 6.16. The van der Waals surface area contributed by atoms with Crippen LogP contribution in [0, 0.1) is 11.8 Å². The zero-order valence-electron chi connectivity index (χ0n) is 13.3. The Kier molecular flexibility index (Phi) is 12.2. The number of rotatable bonds is 13. The molecule has 0 fully saturated rings. The highest BCUT2D eigenvalue weighted by molar-refractivity contribution is 5.70. The van der Waals surface area contributed by atoms with E-state index in [0.717, 1.165) is 12.8 Å². The Morgan fingerprint density at radius 1 is 0.842 bits per heavy atom. The smallest absolute Gasteiger partial charge is 0.306 e. The Balaban J connectivity index is 3.32. The van der Waals surface area contributed by atoms with Gasteiger partial charge in [0.05, 0.1) is 5.92 Å². The maximum atomic E-state index is 11.0. The van der Waals surface area contributed by atoms with Gasteiger partial charge in [0.25, 0.3) is 0 Å². The number of aliphatic carboxylic acids is 1. The van der Waals surface area contributed by atoms with Crippen LogP contribution in [0.1, 0.15) is 91.4 Å². The van der Waals surface area contributed by atoms with Crippen LogP contribution in [-0.4, -0.2) is 11.1 Å². The van der Waals surface area contributed by atoms with E-state index in [4.69, 9.17) is 5.11 Å². The fourth-order valence-corrected chi connectivity index (χ4v) is 2.59. The Morgan fingerprint density at radius 3 is 1.63 bits per heavy atom. The number of carbonyl (C=O) groups is 1. The third-order valence-corrected chi connectivity index (χ3v) is 3.99. The van der Waals surface area contributed by atoms with Crippen molar-refractivity contribution < 1.29 is 9.90 Å². The highest BCUT2D eigenvalue weighted by Gasteiger charge is 2.20. The molecule has 1 unspecified atom stereocenters. The Labute approximate surface area is 120 Å². The standard InChI is InChI=1S/C17H34O2/c1-4-5-6-7-8-9-10-11-12-13-14-16(15(2)3)17(18)19/h15-16H,4-14H2,1-3H3,(H,18,19). The van der Waals surface area contributed by atoms with Crippen molar-refractivity contribution in [2.75, 3.05) is 0 Å². The van der Waals surface area contributed by atoms with Crippen molar-refractivity contribution in [3.05, 3.63) is 0 Å². The molecular weight excluding hydrogens is 236 g/mol. The van der Waals surface area contributed by atoms with Crippen molar-refractivity contribution in [1.82, 2.24) is 0 Å². The summed E-state index contributed by atoms with van der Waals surface area (Å²) in [5, 5.41) is 9.09. The molecule has 0 aliphatic carbocycles. The molecule has 2 nitrogen and oxygen atoms in total. The first-order valence-electron chi connectivity index (χ1n) is 8.32. The van der Waals surface area contributed by atoms with Crippen molar-refractivity contribution in [2.45, 2.75) is 91.4 Å². The molecule has 114 valence electrons. The monoisotopic (exact) mass is 270 g/mol. The average Bonchev–Trinajstić information content (AvgIpc) is 2.35. The molecule has 0 aliphatic heterocycles. The molecule has 0 bridgehead atoms. The molecule has 0 saturated heterocycles. The van der Waals surface area contributed by atoms with Gasteiger partial charge in [0.1, 0.15) is 0 Å². The van der Waals surface area contributed by atoms with Gasteiger partial charge < -0.3 is 5.11 Å².